The molecule has 3 heteroatoms. The van der Waals surface area contributed by atoms with Crippen molar-refractivity contribution in [3.05, 3.63) is 35.4 Å². The van der Waals surface area contributed by atoms with E-state index in [1.54, 1.807) is 0 Å². The van der Waals surface area contributed by atoms with Gasteiger partial charge in [0.1, 0.15) is 0 Å². The van der Waals surface area contributed by atoms with Gasteiger partial charge >= 0.3 is 0 Å². The third-order valence-corrected chi connectivity index (χ3v) is 3.83. The van der Waals surface area contributed by atoms with Crippen LogP contribution in [0.4, 0.5) is 0 Å². The second kappa shape index (κ2) is 5.54. The molecule has 0 heterocycles. The molecular weight excluding hydrogens is 234 g/mol. The minimum absolute atomic E-state index is 0.0442. The van der Waals surface area contributed by atoms with Crippen LogP contribution in [0, 0.1) is 5.92 Å². The number of fused-ring (bicyclic) bond motifs is 1. The Morgan fingerprint density at radius 2 is 2.00 bits per heavy atom. The van der Waals surface area contributed by atoms with Crippen molar-refractivity contribution in [2.75, 3.05) is 6.54 Å². The van der Waals surface area contributed by atoms with Crippen molar-refractivity contribution in [1.29, 1.82) is 0 Å². The number of hydrogen-bond donors (Lipinski definition) is 1. The molecule has 92 valence electrons. The van der Waals surface area contributed by atoms with Gasteiger partial charge in [-0.1, -0.05) is 31.2 Å². The largest absolute Gasteiger partial charge is 0.354 e. The van der Waals surface area contributed by atoms with E-state index in [2.05, 4.69) is 17.4 Å². The van der Waals surface area contributed by atoms with E-state index < -0.39 is 0 Å². The first-order valence-corrected chi connectivity index (χ1v) is 6.63. The number of carbonyl (C=O) groups excluding carboxylic acids is 1. The minimum Gasteiger partial charge on any atom is -0.354 e. The first-order chi connectivity index (χ1) is 8.20. The molecule has 2 rings (SSSR count). The number of amides is 1. The third kappa shape index (κ3) is 3.01. The van der Waals surface area contributed by atoms with E-state index >= 15 is 0 Å². The number of alkyl halides is 1. The fourth-order valence-corrected chi connectivity index (χ4v) is 2.32. The van der Waals surface area contributed by atoms with E-state index in [9.17, 15) is 4.79 Å². The van der Waals surface area contributed by atoms with Crippen LogP contribution in [-0.4, -0.2) is 17.8 Å². The second-order valence-electron chi connectivity index (χ2n) is 4.62. The Labute approximate surface area is 107 Å². The van der Waals surface area contributed by atoms with E-state index in [4.69, 9.17) is 11.6 Å². The molecule has 1 aliphatic rings. The lowest BCUT2D eigenvalue weighted by Gasteiger charge is -2.12. The average molecular weight is 252 g/mol. The summed E-state index contributed by atoms with van der Waals surface area (Å²) in [5.74, 6) is 0.230. The van der Waals surface area contributed by atoms with Gasteiger partial charge in [0, 0.05) is 12.5 Å². The first-order valence-electron chi connectivity index (χ1n) is 6.19. The predicted octanol–water partition coefficient (Wildman–Crippen LogP) is 2.54. The Bertz CT molecular complexity index is 380. The van der Waals surface area contributed by atoms with Crippen LogP contribution in [0.5, 0.6) is 0 Å². The topological polar surface area (TPSA) is 29.1 Å². The highest BCUT2D eigenvalue weighted by atomic mass is 35.5. The van der Waals surface area contributed by atoms with Gasteiger partial charge in [0.15, 0.2) is 0 Å². The Morgan fingerprint density at radius 3 is 2.53 bits per heavy atom. The van der Waals surface area contributed by atoms with Crippen molar-refractivity contribution < 1.29 is 4.79 Å². The fourth-order valence-electron chi connectivity index (χ4n) is 2.24. The van der Waals surface area contributed by atoms with E-state index in [0.717, 1.165) is 19.3 Å². The van der Waals surface area contributed by atoms with Crippen LogP contribution in [0.25, 0.3) is 0 Å². The zero-order chi connectivity index (χ0) is 12.3. The summed E-state index contributed by atoms with van der Waals surface area (Å²) in [6.45, 7) is 2.60. The Balaban J connectivity index is 1.88. The lowest BCUT2D eigenvalue weighted by atomic mass is 10.1. The standard InChI is InChI=1S/C14H18ClNO/c1-2-13(15)9-16-14(17)12-7-10-5-3-4-6-11(10)8-12/h3-6,12-13H,2,7-9H2,1H3,(H,16,17). The molecule has 1 aliphatic carbocycles. The summed E-state index contributed by atoms with van der Waals surface area (Å²) in [7, 11) is 0. The van der Waals surface area contributed by atoms with Gasteiger partial charge in [0.05, 0.1) is 5.38 Å². The molecular formula is C14H18ClNO. The molecule has 1 N–H and O–H groups in total. The van der Waals surface area contributed by atoms with Gasteiger partial charge in [-0.25, -0.2) is 0 Å². The molecule has 0 fully saturated rings. The van der Waals surface area contributed by atoms with Crippen molar-refractivity contribution in [2.45, 2.75) is 31.6 Å². The van der Waals surface area contributed by atoms with Gasteiger partial charge in [-0.05, 0) is 30.4 Å². The van der Waals surface area contributed by atoms with Gasteiger partial charge in [-0.15, -0.1) is 11.6 Å². The van der Waals surface area contributed by atoms with Crippen LogP contribution in [-0.2, 0) is 17.6 Å². The highest BCUT2D eigenvalue weighted by Gasteiger charge is 2.26. The quantitative estimate of drug-likeness (QED) is 0.819. The molecule has 2 nitrogen and oxygen atoms in total. The Hall–Kier alpha value is -1.02. The maximum Gasteiger partial charge on any atom is 0.223 e. The summed E-state index contributed by atoms with van der Waals surface area (Å²) >= 11 is 5.99. The monoisotopic (exact) mass is 251 g/mol. The average Bonchev–Trinajstić information content (AvgIpc) is 2.79. The number of rotatable bonds is 4. The summed E-state index contributed by atoms with van der Waals surface area (Å²) in [4.78, 5) is 12.0. The second-order valence-corrected chi connectivity index (χ2v) is 5.24. The lowest BCUT2D eigenvalue weighted by molar-refractivity contribution is -0.124. The molecule has 0 radical (unpaired) electrons. The SMILES string of the molecule is CCC(Cl)CNC(=O)C1Cc2ccccc2C1. The van der Waals surface area contributed by atoms with Crippen molar-refractivity contribution in [1.82, 2.24) is 5.32 Å². The first kappa shape index (κ1) is 12.4. The van der Waals surface area contributed by atoms with E-state index in [-0.39, 0.29) is 17.2 Å². The van der Waals surface area contributed by atoms with Crippen LogP contribution in [0.2, 0.25) is 0 Å². The van der Waals surface area contributed by atoms with Crippen molar-refractivity contribution in [3.8, 4) is 0 Å². The molecule has 0 bridgehead atoms. The summed E-state index contributed by atoms with van der Waals surface area (Å²) < 4.78 is 0. The number of benzene rings is 1. The normalized spacial score (nSPS) is 16.6. The Kier molecular flexibility index (Phi) is 4.06. The van der Waals surface area contributed by atoms with Crippen molar-refractivity contribution >= 4 is 17.5 Å². The maximum atomic E-state index is 12.0. The fraction of sp³-hybridized carbons (Fsp3) is 0.500. The molecule has 1 aromatic rings. The van der Waals surface area contributed by atoms with Crippen LogP contribution >= 0.6 is 11.6 Å². The smallest absolute Gasteiger partial charge is 0.223 e. The van der Waals surface area contributed by atoms with Crippen molar-refractivity contribution in [3.63, 3.8) is 0 Å². The molecule has 0 spiro atoms. The molecule has 0 aliphatic heterocycles. The van der Waals surface area contributed by atoms with Gasteiger partial charge in [-0.2, -0.15) is 0 Å². The third-order valence-electron chi connectivity index (χ3n) is 3.36. The molecule has 1 amide bonds. The number of nitrogens with one attached hydrogen (secondary N) is 1. The minimum atomic E-state index is 0.0442. The summed E-state index contributed by atoms with van der Waals surface area (Å²) in [6, 6.07) is 8.29. The number of hydrogen-bond acceptors (Lipinski definition) is 1. The summed E-state index contributed by atoms with van der Waals surface area (Å²) in [6.07, 6.45) is 2.61. The van der Waals surface area contributed by atoms with Crippen molar-refractivity contribution in [2.24, 2.45) is 5.92 Å². The highest BCUT2D eigenvalue weighted by Crippen LogP contribution is 2.26. The van der Waals surface area contributed by atoms with E-state index in [1.807, 2.05) is 19.1 Å². The molecule has 0 saturated heterocycles. The van der Waals surface area contributed by atoms with Gasteiger partial charge in [0.25, 0.3) is 0 Å². The number of carbonyl (C=O) groups is 1. The predicted molar refractivity (Wildman–Crippen MR) is 70.3 cm³/mol. The van der Waals surface area contributed by atoms with Crippen LogP contribution < -0.4 is 5.32 Å². The van der Waals surface area contributed by atoms with Gasteiger partial charge in [-0.3, -0.25) is 4.79 Å². The lowest BCUT2D eigenvalue weighted by Crippen LogP contribution is -2.35. The zero-order valence-corrected chi connectivity index (χ0v) is 10.8. The molecule has 17 heavy (non-hydrogen) atoms. The molecule has 0 aromatic heterocycles. The molecule has 1 aromatic carbocycles. The van der Waals surface area contributed by atoms with Crippen LogP contribution in [0.15, 0.2) is 24.3 Å². The van der Waals surface area contributed by atoms with Gasteiger partial charge in [0.2, 0.25) is 5.91 Å². The maximum absolute atomic E-state index is 12.0. The molecule has 0 saturated carbocycles. The number of halogens is 1. The highest BCUT2D eigenvalue weighted by molar-refractivity contribution is 6.20. The van der Waals surface area contributed by atoms with Crippen LogP contribution in [0.1, 0.15) is 24.5 Å². The van der Waals surface area contributed by atoms with Crippen LogP contribution in [0.3, 0.4) is 0 Å². The van der Waals surface area contributed by atoms with Gasteiger partial charge < -0.3 is 5.32 Å². The zero-order valence-electron chi connectivity index (χ0n) is 10.1. The summed E-state index contributed by atoms with van der Waals surface area (Å²) in [5, 5.41) is 2.98. The Morgan fingerprint density at radius 1 is 1.41 bits per heavy atom. The van der Waals surface area contributed by atoms with E-state index in [0.29, 0.717) is 6.54 Å². The van der Waals surface area contributed by atoms with E-state index in [1.165, 1.54) is 11.1 Å². The molecule has 1 atom stereocenters. The molecule has 1 unspecified atom stereocenters. The summed E-state index contributed by atoms with van der Waals surface area (Å²) in [5.41, 5.74) is 2.62.